The normalized spacial score (nSPS) is 16.9. The molecule has 0 unspecified atom stereocenters. The maximum absolute atomic E-state index is 13.5. The third-order valence-electron chi connectivity index (χ3n) is 5.56. The van der Waals surface area contributed by atoms with Crippen molar-refractivity contribution in [2.24, 2.45) is 5.92 Å². The molecule has 3 rings (SSSR count). The van der Waals surface area contributed by atoms with Crippen LogP contribution in [-0.4, -0.2) is 41.1 Å². The number of benzene rings is 2. The molecule has 1 aliphatic rings. The fourth-order valence-electron chi connectivity index (χ4n) is 4.06. The molecule has 2 aromatic rings. The fraction of sp³-hybridized carbons (Fsp3) is 0.444. The summed E-state index contributed by atoms with van der Waals surface area (Å²) in [5.41, 5.74) is 1.55. The van der Waals surface area contributed by atoms with Gasteiger partial charge in [-0.1, -0.05) is 60.7 Å². The van der Waals surface area contributed by atoms with Gasteiger partial charge in [0, 0.05) is 5.92 Å². The quantitative estimate of drug-likeness (QED) is 0.505. The first-order chi connectivity index (χ1) is 15.7. The highest BCUT2D eigenvalue weighted by Crippen LogP contribution is 2.25. The fourth-order valence-corrected chi connectivity index (χ4v) is 4.06. The molecular weight excluding hydrogens is 418 g/mol. The van der Waals surface area contributed by atoms with Crippen LogP contribution in [0.5, 0.6) is 0 Å². The van der Waals surface area contributed by atoms with Gasteiger partial charge in [0.05, 0.1) is 12.5 Å². The largest absolute Gasteiger partial charge is 0.460 e. The molecule has 0 spiro atoms. The van der Waals surface area contributed by atoms with Crippen LogP contribution in [0.2, 0.25) is 0 Å². The molecule has 176 valence electrons. The van der Waals surface area contributed by atoms with Gasteiger partial charge < -0.3 is 9.47 Å². The lowest BCUT2D eigenvalue weighted by Crippen LogP contribution is -2.44. The molecule has 6 heteroatoms. The number of ether oxygens (including phenoxy) is 2. The minimum atomic E-state index is -0.646. The second kappa shape index (κ2) is 11.1. The molecule has 1 aliphatic heterocycles. The van der Waals surface area contributed by atoms with Crippen molar-refractivity contribution in [1.82, 2.24) is 4.90 Å². The minimum Gasteiger partial charge on any atom is -0.460 e. The predicted octanol–water partition coefficient (Wildman–Crippen LogP) is 4.95. The van der Waals surface area contributed by atoms with E-state index in [1.807, 2.05) is 60.7 Å². The van der Waals surface area contributed by atoms with E-state index in [1.165, 1.54) is 10.5 Å². The van der Waals surface area contributed by atoms with Gasteiger partial charge in [0.2, 0.25) is 5.91 Å². The summed E-state index contributed by atoms with van der Waals surface area (Å²) in [6.45, 7) is 5.54. The number of nitrogens with zero attached hydrogens (tertiary/aromatic N) is 1. The van der Waals surface area contributed by atoms with Crippen molar-refractivity contribution in [1.29, 1.82) is 0 Å². The van der Waals surface area contributed by atoms with Gasteiger partial charge in [-0.25, -0.2) is 9.69 Å². The first kappa shape index (κ1) is 24.5. The van der Waals surface area contributed by atoms with E-state index in [0.717, 1.165) is 18.4 Å². The van der Waals surface area contributed by atoms with Crippen LogP contribution in [0, 0.1) is 5.92 Å². The van der Waals surface area contributed by atoms with Gasteiger partial charge in [0.25, 0.3) is 0 Å². The molecule has 0 saturated carbocycles. The van der Waals surface area contributed by atoms with Crippen molar-refractivity contribution in [3.63, 3.8) is 0 Å². The summed E-state index contributed by atoms with van der Waals surface area (Å²) in [5, 5.41) is 0. The van der Waals surface area contributed by atoms with E-state index in [9.17, 15) is 14.4 Å². The molecule has 0 aromatic heterocycles. The number of rotatable bonds is 9. The highest BCUT2D eigenvalue weighted by atomic mass is 16.6. The smallest absolute Gasteiger partial charge is 0.416 e. The number of carbonyl (C=O) groups is 3. The van der Waals surface area contributed by atoms with E-state index in [4.69, 9.17) is 9.47 Å². The number of esters is 1. The average Bonchev–Trinajstić information content (AvgIpc) is 3.12. The van der Waals surface area contributed by atoms with E-state index in [-0.39, 0.29) is 25.0 Å². The molecule has 1 heterocycles. The Labute approximate surface area is 195 Å². The Bertz CT molecular complexity index is 936. The molecule has 0 bridgehead atoms. The van der Waals surface area contributed by atoms with Gasteiger partial charge in [-0.05, 0) is 57.6 Å². The number of hydrogen-bond donors (Lipinski definition) is 0. The van der Waals surface area contributed by atoms with Crippen LogP contribution < -0.4 is 0 Å². The van der Waals surface area contributed by atoms with Crippen molar-refractivity contribution in [3.05, 3.63) is 71.8 Å². The lowest BCUT2D eigenvalue weighted by Gasteiger charge is -2.26. The van der Waals surface area contributed by atoms with Crippen LogP contribution in [0.4, 0.5) is 4.79 Å². The molecule has 0 N–H and O–H groups in total. The lowest BCUT2D eigenvalue weighted by atomic mass is 9.94. The summed E-state index contributed by atoms with van der Waals surface area (Å²) in [6.07, 6.45) is 1.80. The maximum atomic E-state index is 13.5. The molecule has 1 saturated heterocycles. The average molecular weight is 452 g/mol. The Morgan fingerprint density at radius 2 is 1.64 bits per heavy atom. The summed E-state index contributed by atoms with van der Waals surface area (Å²) >= 11 is 0. The van der Waals surface area contributed by atoms with Crippen LogP contribution in [0.3, 0.4) is 0 Å². The molecule has 0 radical (unpaired) electrons. The predicted molar refractivity (Wildman–Crippen MR) is 125 cm³/mol. The molecular formula is C27H33NO5. The number of imide groups is 1. The summed E-state index contributed by atoms with van der Waals surface area (Å²) in [5.74, 6) is -1.45. The summed E-state index contributed by atoms with van der Waals surface area (Å²) in [6, 6.07) is 19.3. The topological polar surface area (TPSA) is 72.9 Å². The summed E-state index contributed by atoms with van der Waals surface area (Å²) < 4.78 is 10.7. The molecule has 2 atom stereocenters. The van der Waals surface area contributed by atoms with Crippen LogP contribution >= 0.6 is 0 Å². The summed E-state index contributed by atoms with van der Waals surface area (Å²) in [7, 11) is 0. The minimum absolute atomic E-state index is 0.0628. The number of amides is 2. The second-order valence-corrected chi connectivity index (χ2v) is 9.49. The maximum Gasteiger partial charge on any atom is 0.416 e. The van der Waals surface area contributed by atoms with Gasteiger partial charge in [0.1, 0.15) is 12.2 Å². The van der Waals surface area contributed by atoms with Crippen LogP contribution in [-0.2, 0) is 31.9 Å². The van der Waals surface area contributed by atoms with Crippen molar-refractivity contribution in [2.45, 2.75) is 64.5 Å². The Morgan fingerprint density at radius 3 is 2.24 bits per heavy atom. The summed E-state index contributed by atoms with van der Waals surface area (Å²) in [4.78, 5) is 39.8. The monoisotopic (exact) mass is 451 g/mol. The lowest BCUT2D eigenvalue weighted by molar-refractivity contribution is -0.158. The molecule has 33 heavy (non-hydrogen) atoms. The van der Waals surface area contributed by atoms with E-state index in [2.05, 4.69) is 0 Å². The van der Waals surface area contributed by atoms with Crippen molar-refractivity contribution in [2.75, 3.05) is 6.61 Å². The van der Waals surface area contributed by atoms with E-state index < -0.39 is 23.6 Å². The zero-order valence-electron chi connectivity index (χ0n) is 19.7. The molecule has 1 fully saturated rings. The first-order valence-corrected chi connectivity index (χ1v) is 11.5. The zero-order chi connectivity index (χ0) is 23.8. The highest BCUT2D eigenvalue weighted by Gasteiger charge is 2.41. The molecule has 6 nitrogen and oxygen atoms in total. The number of hydrogen-bond acceptors (Lipinski definition) is 5. The zero-order valence-corrected chi connectivity index (χ0v) is 19.7. The van der Waals surface area contributed by atoms with Gasteiger partial charge in [-0.15, -0.1) is 0 Å². The Kier molecular flexibility index (Phi) is 8.26. The molecule has 2 amide bonds. The number of aryl methyl sites for hydroxylation is 1. The Balaban J connectivity index is 1.72. The van der Waals surface area contributed by atoms with Gasteiger partial charge in [0.15, 0.2) is 0 Å². The standard InChI is InChI=1S/C27H33NO5/c1-27(2,3)33-24(29)18-22(16-10-15-20-11-6-4-7-12-20)25(30)28-23(19-32-26(28)31)17-21-13-8-5-9-14-21/h4-9,11-14,22-23H,10,15-19H2,1-3H3/t22-,23+/m1/s1. The Hall–Kier alpha value is -3.15. The number of carbonyl (C=O) groups excluding carboxylic acids is 3. The Morgan fingerprint density at radius 1 is 1.03 bits per heavy atom. The second-order valence-electron chi connectivity index (χ2n) is 9.49. The van der Waals surface area contributed by atoms with Crippen LogP contribution in [0.25, 0.3) is 0 Å². The third-order valence-corrected chi connectivity index (χ3v) is 5.56. The third kappa shape index (κ3) is 7.45. The van der Waals surface area contributed by atoms with Crippen LogP contribution in [0.1, 0.15) is 51.2 Å². The van der Waals surface area contributed by atoms with Crippen molar-refractivity contribution >= 4 is 18.0 Å². The molecule has 0 aliphatic carbocycles. The SMILES string of the molecule is CC(C)(C)OC(=O)C[C@@H](CCCc1ccccc1)C(=O)N1C(=O)OC[C@@H]1Cc1ccccc1. The van der Waals surface area contributed by atoms with Gasteiger partial charge in [-0.2, -0.15) is 0 Å². The first-order valence-electron chi connectivity index (χ1n) is 11.5. The van der Waals surface area contributed by atoms with Gasteiger partial charge >= 0.3 is 12.1 Å². The van der Waals surface area contributed by atoms with Crippen LogP contribution in [0.15, 0.2) is 60.7 Å². The number of cyclic esters (lactones) is 1. The molecule has 2 aromatic carbocycles. The van der Waals surface area contributed by atoms with E-state index in [1.54, 1.807) is 20.8 Å². The highest BCUT2D eigenvalue weighted by molar-refractivity contribution is 5.96. The van der Waals surface area contributed by atoms with Crippen molar-refractivity contribution in [3.8, 4) is 0 Å². The van der Waals surface area contributed by atoms with E-state index >= 15 is 0 Å². The van der Waals surface area contributed by atoms with E-state index in [0.29, 0.717) is 12.8 Å². The van der Waals surface area contributed by atoms with Gasteiger partial charge in [-0.3, -0.25) is 9.59 Å². The van der Waals surface area contributed by atoms with Crippen molar-refractivity contribution < 1.29 is 23.9 Å².